The minimum Gasteiger partial charge on any atom is -0.494 e. The second-order valence-electron chi connectivity index (χ2n) is 4.32. The number of aromatic nitrogens is 2. The number of nitrogens with zero attached hydrogens (tertiary/aromatic N) is 2. The molecule has 22 heavy (non-hydrogen) atoms. The molecule has 1 rings (SSSR count). The van der Waals surface area contributed by atoms with Gasteiger partial charge in [0, 0.05) is 25.2 Å². The normalized spacial score (nSPS) is 12.0. The molecule has 0 spiro atoms. The summed E-state index contributed by atoms with van der Waals surface area (Å²) in [4.78, 5) is 8.22. The Balaban J connectivity index is 2.67. The first-order valence-corrected chi connectivity index (χ1v) is 7.16. The first-order chi connectivity index (χ1) is 10.7. The highest BCUT2D eigenvalue weighted by atomic mass is 16.5. The van der Waals surface area contributed by atoms with Gasteiger partial charge in [0.1, 0.15) is 11.6 Å². The summed E-state index contributed by atoms with van der Waals surface area (Å²) in [5, 5.41) is 0. The van der Waals surface area contributed by atoms with Crippen LogP contribution in [0.3, 0.4) is 0 Å². The van der Waals surface area contributed by atoms with E-state index < -0.39 is 0 Å². The number of ether oxygens (including phenoxy) is 2. The molecule has 1 aromatic heterocycles. The fourth-order valence-corrected chi connectivity index (χ4v) is 1.59. The predicted molar refractivity (Wildman–Crippen MR) is 90.0 cm³/mol. The van der Waals surface area contributed by atoms with Gasteiger partial charge in [0.15, 0.2) is 0 Å². The summed E-state index contributed by atoms with van der Waals surface area (Å²) < 4.78 is 10.9. The van der Waals surface area contributed by atoms with Crippen LogP contribution in [0.2, 0.25) is 0 Å². The zero-order valence-electron chi connectivity index (χ0n) is 13.0. The van der Waals surface area contributed by atoms with Crippen molar-refractivity contribution in [1.29, 1.82) is 0 Å². The second kappa shape index (κ2) is 10.3. The largest absolute Gasteiger partial charge is 0.494 e. The number of hydrogen-bond acceptors (Lipinski definition) is 5. The van der Waals surface area contributed by atoms with Crippen LogP contribution < -0.4 is 5.73 Å². The smallest absolute Gasteiger partial charge is 0.141 e. The van der Waals surface area contributed by atoms with E-state index in [-0.39, 0.29) is 0 Å². The molecule has 0 aromatic carbocycles. The molecule has 0 amide bonds. The summed E-state index contributed by atoms with van der Waals surface area (Å²) in [5.74, 6) is 1.06. The number of nitrogen functional groups attached to an aromatic ring is 1. The zero-order chi connectivity index (χ0) is 16.2. The highest BCUT2D eigenvalue weighted by Gasteiger charge is 1.99. The van der Waals surface area contributed by atoms with Crippen molar-refractivity contribution in [3.8, 4) is 0 Å². The van der Waals surface area contributed by atoms with Gasteiger partial charge in [0.05, 0.1) is 24.7 Å². The highest BCUT2D eigenvalue weighted by Crippen LogP contribution is 2.13. The molecule has 0 aliphatic rings. The molecule has 0 fully saturated rings. The van der Waals surface area contributed by atoms with E-state index in [2.05, 4.69) is 23.1 Å². The quantitative estimate of drug-likeness (QED) is 0.408. The molecule has 118 valence electrons. The average Bonchev–Trinajstić information content (AvgIpc) is 2.54. The van der Waals surface area contributed by atoms with E-state index >= 15 is 0 Å². The van der Waals surface area contributed by atoms with Crippen molar-refractivity contribution in [3.63, 3.8) is 0 Å². The molecule has 0 saturated carbocycles. The highest BCUT2D eigenvalue weighted by molar-refractivity contribution is 5.72. The van der Waals surface area contributed by atoms with Crippen LogP contribution in [-0.4, -0.2) is 29.8 Å². The lowest BCUT2D eigenvalue weighted by molar-refractivity contribution is 0.118. The first kappa shape index (κ1) is 17.7. The summed E-state index contributed by atoms with van der Waals surface area (Å²) in [5.41, 5.74) is 7.05. The Morgan fingerprint density at radius 1 is 1.18 bits per heavy atom. The Bertz CT molecular complexity index is 533. The van der Waals surface area contributed by atoms with Gasteiger partial charge in [-0.2, -0.15) is 0 Å². The maximum absolute atomic E-state index is 5.62. The van der Waals surface area contributed by atoms with Crippen molar-refractivity contribution in [2.75, 3.05) is 25.6 Å². The molecule has 5 nitrogen and oxygen atoms in total. The molecular formula is C17H23N3O2. The zero-order valence-corrected chi connectivity index (χ0v) is 13.0. The molecule has 0 unspecified atom stereocenters. The van der Waals surface area contributed by atoms with Crippen molar-refractivity contribution < 1.29 is 9.47 Å². The number of hydrogen-bond donors (Lipinski definition) is 1. The van der Waals surface area contributed by atoms with Gasteiger partial charge in [0.25, 0.3) is 0 Å². The summed E-state index contributed by atoms with van der Waals surface area (Å²) in [7, 11) is 0. The molecule has 0 aliphatic heterocycles. The van der Waals surface area contributed by atoms with Crippen LogP contribution in [0.25, 0.3) is 5.57 Å². The lowest BCUT2D eigenvalue weighted by Crippen LogP contribution is -2.00. The lowest BCUT2D eigenvalue weighted by atomic mass is 10.1. The Hall–Kier alpha value is -2.40. The van der Waals surface area contributed by atoms with E-state index in [0.29, 0.717) is 30.5 Å². The fraction of sp³-hybridized carbons (Fsp3) is 0.294. The van der Waals surface area contributed by atoms with Crippen LogP contribution in [0, 0.1) is 0 Å². The van der Waals surface area contributed by atoms with E-state index in [1.165, 1.54) is 6.20 Å². The first-order valence-electron chi connectivity index (χ1n) is 7.16. The summed E-state index contributed by atoms with van der Waals surface area (Å²) in [6.45, 7) is 11.5. The van der Waals surface area contributed by atoms with Gasteiger partial charge < -0.3 is 15.2 Å². The van der Waals surface area contributed by atoms with Gasteiger partial charge in [-0.25, -0.2) is 4.98 Å². The molecule has 1 heterocycles. The minimum absolute atomic E-state index is 0.382. The number of anilines is 1. The third kappa shape index (κ3) is 6.37. The lowest BCUT2D eigenvalue weighted by Gasteiger charge is -2.06. The van der Waals surface area contributed by atoms with Crippen LogP contribution in [0.4, 0.5) is 5.82 Å². The average molecular weight is 301 g/mol. The van der Waals surface area contributed by atoms with E-state index in [1.807, 2.05) is 19.1 Å². The maximum Gasteiger partial charge on any atom is 0.141 e. The second-order valence-corrected chi connectivity index (χ2v) is 4.32. The molecule has 5 heteroatoms. The molecule has 0 aliphatic carbocycles. The molecule has 0 atom stereocenters. The van der Waals surface area contributed by atoms with Crippen molar-refractivity contribution in [3.05, 3.63) is 61.3 Å². The minimum atomic E-state index is 0.382. The topological polar surface area (TPSA) is 70.3 Å². The van der Waals surface area contributed by atoms with Crippen LogP contribution in [0.5, 0.6) is 0 Å². The maximum atomic E-state index is 5.62. The Morgan fingerprint density at radius 2 is 2.00 bits per heavy atom. The standard InChI is InChI=1S/C17H23N3O2/c1-4-14(16-12-20-17(18)13-19-16)8-9-15(5-2)22-11-7-10-21-6-3/h4-5,8-9,12-13H,1-2,6-7,10-11H2,3H3,(H2,18,20)/b14-8+,15-9+. The summed E-state index contributed by atoms with van der Waals surface area (Å²) >= 11 is 0. The van der Waals surface area contributed by atoms with Crippen molar-refractivity contribution in [2.24, 2.45) is 0 Å². The molecular weight excluding hydrogens is 278 g/mol. The van der Waals surface area contributed by atoms with Gasteiger partial charge in [-0.1, -0.05) is 19.2 Å². The van der Waals surface area contributed by atoms with E-state index in [4.69, 9.17) is 15.2 Å². The third-order valence-corrected chi connectivity index (χ3v) is 2.72. The Morgan fingerprint density at radius 3 is 2.59 bits per heavy atom. The molecule has 0 radical (unpaired) electrons. The van der Waals surface area contributed by atoms with E-state index in [0.717, 1.165) is 18.6 Å². The van der Waals surface area contributed by atoms with Crippen LogP contribution in [0.15, 0.2) is 55.6 Å². The fourth-order valence-electron chi connectivity index (χ4n) is 1.59. The van der Waals surface area contributed by atoms with Gasteiger partial charge in [-0.05, 0) is 25.2 Å². The van der Waals surface area contributed by atoms with Crippen LogP contribution >= 0.6 is 0 Å². The van der Waals surface area contributed by atoms with Gasteiger partial charge in [-0.15, -0.1) is 0 Å². The molecule has 1 aromatic rings. The molecule has 2 N–H and O–H groups in total. The van der Waals surface area contributed by atoms with Crippen molar-refractivity contribution in [2.45, 2.75) is 13.3 Å². The molecule has 0 bridgehead atoms. The monoisotopic (exact) mass is 301 g/mol. The number of allylic oxidation sites excluding steroid dienone is 5. The van der Waals surface area contributed by atoms with Crippen LogP contribution in [0.1, 0.15) is 19.0 Å². The molecule has 0 saturated heterocycles. The van der Waals surface area contributed by atoms with Gasteiger partial charge in [0.2, 0.25) is 0 Å². The van der Waals surface area contributed by atoms with E-state index in [1.54, 1.807) is 18.3 Å². The van der Waals surface area contributed by atoms with Gasteiger partial charge >= 0.3 is 0 Å². The summed E-state index contributed by atoms with van der Waals surface area (Å²) in [6.07, 6.45) is 11.0. The van der Waals surface area contributed by atoms with Crippen molar-refractivity contribution >= 4 is 11.4 Å². The Kier molecular flexibility index (Phi) is 8.30. The van der Waals surface area contributed by atoms with Crippen molar-refractivity contribution in [1.82, 2.24) is 9.97 Å². The van der Waals surface area contributed by atoms with Gasteiger partial charge in [-0.3, -0.25) is 4.98 Å². The van der Waals surface area contributed by atoms with E-state index in [9.17, 15) is 0 Å². The summed E-state index contributed by atoms with van der Waals surface area (Å²) in [6, 6.07) is 0. The Labute approximate surface area is 131 Å². The SMILES string of the molecule is C=C/C(=C\C=C(/C=C)c1cnc(N)cn1)OCCCOCC. The third-order valence-electron chi connectivity index (χ3n) is 2.72. The van der Waals surface area contributed by atoms with Crippen LogP contribution in [-0.2, 0) is 9.47 Å². The number of rotatable bonds is 10. The number of nitrogens with two attached hydrogens (primary N) is 1. The predicted octanol–water partition coefficient (Wildman–Crippen LogP) is 3.14.